The summed E-state index contributed by atoms with van der Waals surface area (Å²) in [6.45, 7) is 3.06. The average Bonchev–Trinajstić information content (AvgIpc) is 3.88. The predicted octanol–water partition coefficient (Wildman–Crippen LogP) is 12.5. The first kappa shape index (κ1) is 45.0. The van der Waals surface area contributed by atoms with E-state index in [4.69, 9.17) is 10.2 Å². The summed E-state index contributed by atoms with van der Waals surface area (Å²) in [6.07, 6.45) is -8.65. The van der Waals surface area contributed by atoms with Crippen LogP contribution in [0.3, 0.4) is 0 Å². The van der Waals surface area contributed by atoms with E-state index < -0.39 is 23.5 Å². The molecule has 8 aromatic rings. The van der Waals surface area contributed by atoms with E-state index in [0.717, 1.165) is 48.5 Å². The van der Waals surface area contributed by atoms with Gasteiger partial charge in [0, 0.05) is 0 Å². The Bertz CT molecular complexity index is 1830. The van der Waals surface area contributed by atoms with Crippen molar-refractivity contribution in [2.24, 2.45) is 0 Å². The maximum Gasteiger partial charge on any atom is -0.0809 e. The summed E-state index contributed by atoms with van der Waals surface area (Å²) in [6, 6.07) is 61.7. The second-order valence-electron chi connectivity index (χ2n) is 10.6. The van der Waals surface area contributed by atoms with Crippen LogP contribution in [0.15, 0.2) is 194 Å². The Morgan fingerprint density at radius 2 is 0.741 bits per heavy atom. The van der Waals surface area contributed by atoms with Gasteiger partial charge in [0.15, 0.2) is 0 Å². The molecular weight excluding hydrogens is 794 g/mol. The van der Waals surface area contributed by atoms with E-state index in [-0.39, 0.29) is 11.5 Å². The van der Waals surface area contributed by atoms with Crippen molar-refractivity contribution in [1.82, 2.24) is 0 Å². The van der Waals surface area contributed by atoms with Crippen LogP contribution in [0.4, 0.5) is 26.3 Å². The van der Waals surface area contributed by atoms with E-state index in [1.165, 1.54) is 44.9 Å². The number of benzene rings is 6. The van der Waals surface area contributed by atoms with Crippen molar-refractivity contribution in [1.29, 1.82) is 0 Å². The second-order valence-corrected chi connectivity index (χ2v) is 10.6. The predicted molar refractivity (Wildman–Crippen MR) is 202 cm³/mol. The van der Waals surface area contributed by atoms with Crippen molar-refractivity contribution in [3.05, 3.63) is 217 Å². The van der Waals surface area contributed by atoms with E-state index in [9.17, 15) is 26.3 Å². The van der Waals surface area contributed by atoms with Crippen molar-refractivity contribution < 1.29 is 59.9 Å². The number of phenols is 2. The van der Waals surface area contributed by atoms with Crippen molar-refractivity contribution >= 4 is 28.4 Å². The number of phenolic OH excluding ortho intramolecular Hbond substituents is 2. The van der Waals surface area contributed by atoms with Gasteiger partial charge in [-0.2, -0.15) is 134 Å². The molecule has 8 rings (SSSR count). The second kappa shape index (κ2) is 24.9. The molecule has 2 N–H and O–H groups in total. The smallest absolute Gasteiger partial charge is 0.0809 e. The van der Waals surface area contributed by atoms with Crippen molar-refractivity contribution in [2.45, 2.75) is 12.4 Å². The first-order valence-corrected chi connectivity index (χ1v) is 20.1. The van der Waals surface area contributed by atoms with E-state index in [0.29, 0.717) is 0 Å². The largest absolute Gasteiger partial charge is 0.184 e. The van der Waals surface area contributed by atoms with Gasteiger partial charge in [0.25, 0.3) is 0 Å². The van der Waals surface area contributed by atoms with E-state index in [1.807, 2.05) is 60.7 Å². The first-order chi connectivity index (χ1) is 25.9. The minimum Gasteiger partial charge on any atom is -0.184 e. The molecule has 0 amide bonds. The number of alkyl halides is 6. The summed E-state index contributed by atoms with van der Waals surface area (Å²) in [5.41, 5.74) is -1.51. The van der Waals surface area contributed by atoms with Crippen LogP contribution in [0.25, 0.3) is 21.5 Å². The van der Waals surface area contributed by atoms with Gasteiger partial charge in [-0.25, -0.2) is 0 Å². The molecule has 0 fully saturated rings. The van der Waals surface area contributed by atoms with Crippen molar-refractivity contribution in [3.8, 4) is 11.5 Å². The van der Waals surface area contributed by atoms with Gasteiger partial charge in [0.05, 0.1) is 11.1 Å². The summed E-state index contributed by atoms with van der Waals surface area (Å²) >= 11 is 1.36. The zero-order chi connectivity index (χ0) is 39.7. The van der Waals surface area contributed by atoms with E-state index in [2.05, 4.69) is 104 Å². The molecule has 0 spiro atoms. The van der Waals surface area contributed by atoms with Gasteiger partial charge in [0.1, 0.15) is 11.5 Å². The molecular formula is C44H34F6O2SiZr-4. The van der Waals surface area contributed by atoms with Gasteiger partial charge in [-0.15, -0.1) is 59.3 Å². The third kappa shape index (κ3) is 18.5. The third-order valence-corrected chi connectivity index (χ3v) is 6.70. The van der Waals surface area contributed by atoms with Gasteiger partial charge < -0.3 is 10.2 Å². The number of halogens is 6. The molecule has 0 aliphatic rings. The normalized spacial score (nSPS) is 9.94. The fraction of sp³-hybridized carbons (Fsp3) is 0.0455. The summed E-state index contributed by atoms with van der Waals surface area (Å²) in [4.78, 5) is 0. The molecule has 0 aliphatic carbocycles. The molecule has 10 heteroatoms. The number of hydrogen-bond acceptors (Lipinski definition) is 2. The summed E-state index contributed by atoms with van der Waals surface area (Å²) in [5.74, 6) is -0.337. The van der Waals surface area contributed by atoms with Crippen molar-refractivity contribution in [3.63, 3.8) is 0 Å². The molecule has 2 radical (unpaired) electrons. The van der Waals surface area contributed by atoms with E-state index >= 15 is 0 Å². The van der Waals surface area contributed by atoms with Crippen LogP contribution >= 0.6 is 0 Å². The molecule has 0 unspecified atom stereocenters. The molecule has 0 bridgehead atoms. The fourth-order valence-electron chi connectivity index (χ4n) is 4.12. The Morgan fingerprint density at radius 3 is 0.981 bits per heavy atom. The Balaban J connectivity index is 0.000000225. The van der Waals surface area contributed by atoms with Crippen LogP contribution in [0, 0.1) is 12.1 Å². The average molecular weight is 828 g/mol. The van der Waals surface area contributed by atoms with Gasteiger partial charge in [-0.3, -0.25) is 0 Å². The maximum atomic E-state index is 11.8. The molecule has 2 nitrogen and oxygen atoms in total. The molecule has 0 saturated heterocycles. The van der Waals surface area contributed by atoms with Crippen LogP contribution in [-0.2, 0) is 35.7 Å². The van der Waals surface area contributed by atoms with Crippen molar-refractivity contribution in [2.75, 3.05) is 0 Å². The number of fused-ring (bicyclic) bond motifs is 2. The third-order valence-electron chi connectivity index (χ3n) is 6.70. The van der Waals surface area contributed by atoms with Gasteiger partial charge in [-0.1, -0.05) is 12.1 Å². The molecule has 0 heterocycles. The first-order valence-electron chi connectivity index (χ1n) is 15.9. The Labute approximate surface area is 327 Å². The molecule has 8 aromatic carbocycles. The molecule has 0 aromatic heterocycles. The summed E-state index contributed by atoms with van der Waals surface area (Å²) < 4.78 is 71.0. The number of rotatable bonds is 0. The molecule has 276 valence electrons. The quantitative estimate of drug-likeness (QED) is 0.0908. The maximum absolute atomic E-state index is 11.8. The number of aromatic hydroxyl groups is 2. The van der Waals surface area contributed by atoms with Gasteiger partial charge in [0.2, 0.25) is 0 Å². The summed E-state index contributed by atoms with van der Waals surface area (Å²) in [5, 5.41) is 22.6. The fourth-order valence-corrected chi connectivity index (χ4v) is 4.12. The zero-order valence-corrected chi connectivity index (χ0v) is 32.1. The Morgan fingerprint density at radius 1 is 0.426 bits per heavy atom. The minimum absolute atomic E-state index is 0.169. The zero-order valence-electron chi connectivity index (χ0n) is 28.6. The molecule has 0 aliphatic heterocycles. The van der Waals surface area contributed by atoms with Gasteiger partial charge >= 0.3 is 42.6 Å². The Hall–Kier alpha value is -5.18. The van der Waals surface area contributed by atoms with Crippen LogP contribution < -0.4 is 0 Å². The molecule has 54 heavy (non-hydrogen) atoms. The van der Waals surface area contributed by atoms with Crippen LogP contribution in [0.1, 0.15) is 11.1 Å². The summed E-state index contributed by atoms with van der Waals surface area (Å²) in [7, 11) is 0. The van der Waals surface area contributed by atoms with Crippen LogP contribution in [0.5, 0.6) is 11.5 Å². The Kier molecular flexibility index (Phi) is 20.8. The standard InChI is InChI=1S/2C9H7.2C7H5F3O.2C6H5.Si.Zr/c2*1-2-5-9-7-3-6-8(9)4-1;2*8-7(9,10)5-1-3-6(11)4-2-5;2*1-2-4-6-5-3-1;;/h2*1-7H;2*1-4,11H;2*1-5H;;/q2*-1;;;2*-1;;. The van der Waals surface area contributed by atoms with Crippen LogP contribution in [0.2, 0.25) is 0 Å². The SMILES string of the molecule is Oc1ccc(C(F)(F)F)cc1.Oc1ccc(C(F)(F)F)cc1.[Si]=[Zr].[c-]1ccccc1.[c-]1ccccc1.c1ccc2[cH-]ccc2c1.c1ccc2[cH-]ccc2c1. The molecule has 0 atom stereocenters. The van der Waals surface area contributed by atoms with Gasteiger partial charge in [-0.05, 0) is 48.5 Å². The monoisotopic (exact) mass is 826 g/mol. The minimum atomic E-state index is -4.33. The number of hydrogen-bond donors (Lipinski definition) is 2. The van der Waals surface area contributed by atoms with E-state index in [1.54, 1.807) is 0 Å². The molecule has 0 saturated carbocycles. The van der Waals surface area contributed by atoms with Crippen LogP contribution in [-0.4, -0.2) is 17.1 Å². The topological polar surface area (TPSA) is 40.5 Å².